The first kappa shape index (κ1) is 15.1. The Balaban J connectivity index is 0. The molecule has 0 spiro atoms. The minimum Gasteiger partial charge on any atom is -0.597 e. The average molecular weight is 199 g/mol. The molecule has 0 bridgehead atoms. The molecule has 1 aliphatic rings. The van der Waals surface area contributed by atoms with Gasteiger partial charge in [0.25, 0.3) is 0 Å². The summed E-state index contributed by atoms with van der Waals surface area (Å²) in [6, 6.07) is 0. The van der Waals surface area contributed by atoms with Crippen molar-refractivity contribution in [3.8, 4) is 0 Å². The Morgan fingerprint density at radius 2 is 1.82 bits per heavy atom. The van der Waals surface area contributed by atoms with Crippen molar-refractivity contribution >= 4 is 18.6 Å². The number of thiol groups is 1. The second-order valence-electron chi connectivity index (χ2n) is 2.19. The van der Waals surface area contributed by atoms with Gasteiger partial charge in [-0.1, -0.05) is 32.2 Å². The molecular formula is C7H14KNOS. The molecule has 0 radical (unpaired) electrons. The van der Waals surface area contributed by atoms with Crippen LogP contribution >= 0.6 is 12.8 Å². The number of Topliss-reactive ketones (excluding diaryl/α,β-unsaturated/α-hetero) is 1. The molecule has 0 atom stereocenters. The zero-order valence-corrected chi connectivity index (χ0v) is 11.7. The van der Waals surface area contributed by atoms with Crippen LogP contribution in [-0.4, -0.2) is 11.3 Å². The number of carbonyl (C=O) groups excluding carboxylic acids is 1. The van der Waals surface area contributed by atoms with E-state index in [4.69, 9.17) is 0 Å². The molecule has 0 N–H and O–H groups in total. The van der Waals surface area contributed by atoms with Crippen LogP contribution in [-0.2, 0) is 4.79 Å². The van der Waals surface area contributed by atoms with Gasteiger partial charge >= 0.3 is 51.4 Å². The van der Waals surface area contributed by atoms with Gasteiger partial charge in [0, 0.05) is 0 Å². The summed E-state index contributed by atoms with van der Waals surface area (Å²) < 4.78 is 3.68. The van der Waals surface area contributed by atoms with E-state index < -0.39 is 0 Å². The van der Waals surface area contributed by atoms with E-state index >= 15 is 0 Å². The molecule has 1 rings (SSSR count). The van der Waals surface area contributed by atoms with Crippen molar-refractivity contribution in [2.45, 2.75) is 39.2 Å². The van der Waals surface area contributed by atoms with Crippen LogP contribution in [0.3, 0.4) is 0 Å². The van der Waals surface area contributed by atoms with E-state index in [-0.39, 0.29) is 62.7 Å². The molecule has 0 heterocycles. The maximum atomic E-state index is 10.6. The summed E-state index contributed by atoms with van der Waals surface area (Å²) in [4.78, 5) is 10.6. The summed E-state index contributed by atoms with van der Waals surface area (Å²) in [5.74, 6) is 0.146. The number of nitrogens with zero attached hydrogens (tertiary/aromatic N) is 1. The fraction of sp³-hybridized carbons (Fsp3) is 0.857. The smallest absolute Gasteiger partial charge is 0.597 e. The van der Waals surface area contributed by atoms with Crippen molar-refractivity contribution in [2.24, 2.45) is 0 Å². The molecule has 1 aliphatic carbocycles. The predicted molar refractivity (Wildman–Crippen MR) is 46.3 cm³/mol. The van der Waals surface area contributed by atoms with Crippen molar-refractivity contribution in [1.82, 2.24) is 0 Å². The third kappa shape index (κ3) is 4.40. The van der Waals surface area contributed by atoms with Gasteiger partial charge in [0.05, 0.1) is 0 Å². The van der Waals surface area contributed by atoms with Gasteiger partial charge in [-0.15, -0.1) is 0 Å². The molecule has 1 fully saturated rings. The van der Waals surface area contributed by atoms with E-state index in [1.165, 1.54) is 0 Å². The van der Waals surface area contributed by atoms with Crippen LogP contribution in [0.1, 0.15) is 33.6 Å². The third-order valence-corrected chi connectivity index (χ3v) is 1.95. The van der Waals surface area contributed by atoms with Crippen molar-refractivity contribution in [1.29, 1.82) is 0 Å². The fourth-order valence-electron chi connectivity index (χ4n) is 0.641. The molecule has 2 nitrogen and oxygen atoms in total. The van der Waals surface area contributed by atoms with Crippen LogP contribution in [0, 0.1) is 0 Å². The summed E-state index contributed by atoms with van der Waals surface area (Å²) in [5.41, 5.74) is -0.358. The Kier molecular flexibility index (Phi) is 9.70. The number of hydrogen-bond donors (Lipinski definition) is 1. The zero-order chi connectivity index (χ0) is 8.20. The topological polar surface area (TPSA) is 31.2 Å². The van der Waals surface area contributed by atoms with Gasteiger partial charge in [0.15, 0.2) is 0 Å². The van der Waals surface area contributed by atoms with E-state index in [9.17, 15) is 4.79 Å². The Labute approximate surface area is 117 Å². The van der Waals surface area contributed by atoms with Crippen LogP contribution in [0.15, 0.2) is 0 Å². The van der Waals surface area contributed by atoms with Crippen LogP contribution in [0.4, 0.5) is 0 Å². The second kappa shape index (κ2) is 7.06. The van der Waals surface area contributed by atoms with Crippen molar-refractivity contribution < 1.29 is 56.2 Å². The Morgan fingerprint density at radius 1 is 1.45 bits per heavy atom. The van der Waals surface area contributed by atoms with Gasteiger partial charge < -0.3 is 22.3 Å². The quantitative estimate of drug-likeness (QED) is 0.465. The van der Waals surface area contributed by atoms with E-state index in [1.807, 2.05) is 13.8 Å². The summed E-state index contributed by atoms with van der Waals surface area (Å²) in [6.45, 7) is 5.56. The number of ketones is 1. The maximum Gasteiger partial charge on any atom is 1.00 e. The monoisotopic (exact) mass is 199 g/mol. The Bertz CT molecular complexity index is 126. The normalized spacial score (nSPS) is 17.1. The summed E-state index contributed by atoms with van der Waals surface area (Å²) in [6.07, 6.45) is 1.79. The summed E-state index contributed by atoms with van der Waals surface area (Å²) >= 11 is 3.71. The largest absolute Gasteiger partial charge is 1.00 e. The second-order valence-corrected chi connectivity index (χ2v) is 2.39. The molecule has 0 aromatic carbocycles. The van der Waals surface area contributed by atoms with E-state index in [2.05, 4.69) is 17.5 Å². The van der Waals surface area contributed by atoms with Gasteiger partial charge in [-0.05, 0) is 6.92 Å². The van der Waals surface area contributed by atoms with E-state index in [0.717, 1.165) is 12.8 Å². The van der Waals surface area contributed by atoms with Crippen LogP contribution in [0.2, 0.25) is 0 Å². The molecule has 0 unspecified atom stereocenters. The van der Waals surface area contributed by atoms with E-state index in [0.29, 0.717) is 0 Å². The van der Waals surface area contributed by atoms with Crippen molar-refractivity contribution in [3.63, 3.8) is 0 Å². The predicted octanol–water partition coefficient (Wildman–Crippen LogP) is -0.643. The third-order valence-electron chi connectivity index (χ3n) is 1.57. The number of carbonyl (C=O) groups is 1. The number of hydrogen-bond acceptors (Lipinski definition) is 2. The molecule has 11 heavy (non-hydrogen) atoms. The Morgan fingerprint density at radius 3 is 1.82 bits per heavy atom. The average Bonchev–Trinajstić information content (AvgIpc) is 2.71. The van der Waals surface area contributed by atoms with Gasteiger partial charge in [-0.2, -0.15) is 0 Å². The SMILES string of the molecule is CC.CC(=O)C1([N-]S)CC1.[K+]. The van der Waals surface area contributed by atoms with E-state index in [1.54, 1.807) is 6.92 Å². The molecule has 0 amide bonds. The first-order chi connectivity index (χ1) is 4.71. The zero-order valence-electron chi connectivity index (χ0n) is 7.72. The Hall–Kier alpha value is 1.62. The fourth-order valence-corrected chi connectivity index (χ4v) is 0.982. The molecule has 0 aromatic rings. The molecule has 4 heteroatoms. The molecule has 0 saturated heterocycles. The molecule has 0 aromatic heterocycles. The van der Waals surface area contributed by atoms with Crippen molar-refractivity contribution in [3.05, 3.63) is 4.72 Å². The molecule has 1 saturated carbocycles. The van der Waals surface area contributed by atoms with Gasteiger partial charge in [0.2, 0.25) is 0 Å². The minimum absolute atomic E-state index is 0. The van der Waals surface area contributed by atoms with Crippen LogP contribution in [0.5, 0.6) is 0 Å². The van der Waals surface area contributed by atoms with Crippen LogP contribution in [0.25, 0.3) is 4.72 Å². The minimum atomic E-state index is -0.358. The van der Waals surface area contributed by atoms with Gasteiger partial charge in [0.1, 0.15) is 5.78 Å². The standard InChI is InChI=1S/C5H8NOS.C2H6.K/c1-4(7)5(6-8)2-3-5;1-2;/h8H,2-3H2,1H3;1-2H3;/q-1;;+1. The molecule has 60 valence electrons. The molecular weight excluding hydrogens is 185 g/mol. The summed E-state index contributed by atoms with van der Waals surface area (Å²) in [7, 11) is 0. The van der Waals surface area contributed by atoms with Crippen molar-refractivity contribution in [2.75, 3.05) is 0 Å². The molecule has 0 aliphatic heterocycles. The number of rotatable bonds is 2. The maximum absolute atomic E-state index is 10.6. The first-order valence-electron chi connectivity index (χ1n) is 3.58. The first-order valence-corrected chi connectivity index (χ1v) is 3.98. The summed E-state index contributed by atoms with van der Waals surface area (Å²) in [5, 5.41) is 0. The van der Waals surface area contributed by atoms with Gasteiger partial charge in [-0.25, -0.2) is 0 Å². The van der Waals surface area contributed by atoms with Gasteiger partial charge in [-0.3, -0.25) is 0 Å². The van der Waals surface area contributed by atoms with Crippen LogP contribution < -0.4 is 51.4 Å².